The minimum atomic E-state index is 0.0462. The predicted octanol–water partition coefficient (Wildman–Crippen LogP) is 2.91. The number of pyridine rings is 1. The van der Waals surface area contributed by atoms with Gasteiger partial charge in [-0.05, 0) is 50.2 Å². The Kier molecular flexibility index (Phi) is 6.42. The zero-order chi connectivity index (χ0) is 17.5. The fourth-order valence-electron chi connectivity index (χ4n) is 3.99. The molecule has 2 amide bonds. The van der Waals surface area contributed by atoms with Crippen molar-refractivity contribution in [3.05, 3.63) is 30.1 Å². The Morgan fingerprint density at radius 3 is 2.36 bits per heavy atom. The van der Waals surface area contributed by atoms with Crippen molar-refractivity contribution in [3.8, 4) is 0 Å². The van der Waals surface area contributed by atoms with E-state index in [1.807, 2.05) is 12.1 Å². The molecule has 1 saturated heterocycles. The topological polar surface area (TPSA) is 62.3 Å². The van der Waals surface area contributed by atoms with E-state index in [9.17, 15) is 9.59 Å². The Hall–Kier alpha value is -1.91. The van der Waals surface area contributed by atoms with E-state index in [1.54, 1.807) is 12.4 Å². The molecular weight excluding hydrogens is 314 g/mol. The van der Waals surface area contributed by atoms with E-state index >= 15 is 0 Å². The van der Waals surface area contributed by atoms with Gasteiger partial charge in [-0.15, -0.1) is 0 Å². The van der Waals surface area contributed by atoms with Crippen molar-refractivity contribution in [1.29, 1.82) is 0 Å². The number of carbonyl (C=O) groups is 2. The van der Waals surface area contributed by atoms with E-state index in [4.69, 9.17) is 0 Å². The quantitative estimate of drug-likeness (QED) is 0.914. The average molecular weight is 343 g/mol. The zero-order valence-electron chi connectivity index (χ0n) is 15.0. The molecule has 0 aromatic carbocycles. The molecule has 3 rings (SSSR count). The lowest BCUT2D eigenvalue weighted by molar-refractivity contribution is -0.138. The number of rotatable bonds is 4. The van der Waals surface area contributed by atoms with E-state index in [0.29, 0.717) is 12.5 Å². The summed E-state index contributed by atoms with van der Waals surface area (Å²) < 4.78 is 0. The van der Waals surface area contributed by atoms with Gasteiger partial charge in [0.2, 0.25) is 11.8 Å². The van der Waals surface area contributed by atoms with E-state index in [2.05, 4.69) is 15.2 Å². The number of hydrogen-bond donors (Lipinski definition) is 1. The highest BCUT2D eigenvalue weighted by atomic mass is 16.2. The second kappa shape index (κ2) is 8.97. The third-order valence-electron chi connectivity index (χ3n) is 5.55. The second-order valence-corrected chi connectivity index (χ2v) is 7.37. The highest BCUT2D eigenvalue weighted by molar-refractivity contribution is 5.81. The Bertz CT molecular complexity index is 560. The first-order chi connectivity index (χ1) is 12.2. The first kappa shape index (κ1) is 17.9. The monoisotopic (exact) mass is 343 g/mol. The summed E-state index contributed by atoms with van der Waals surface area (Å²) >= 11 is 0. The lowest BCUT2D eigenvalue weighted by Gasteiger charge is -2.31. The van der Waals surface area contributed by atoms with Gasteiger partial charge in [-0.2, -0.15) is 0 Å². The van der Waals surface area contributed by atoms with Crippen LogP contribution >= 0.6 is 0 Å². The molecule has 1 aromatic rings. The highest BCUT2D eigenvalue weighted by Gasteiger charge is 2.32. The summed E-state index contributed by atoms with van der Waals surface area (Å²) in [6, 6.07) is 3.84. The standard InChI is InChI=1S/C20H29N3O2/c24-19(22-15-16-6-5-11-21-14-16)17-7-9-18(10-8-17)20(25)23-12-3-1-2-4-13-23/h5-6,11,14,17-18H,1-4,7-10,12-13,15H2,(H,22,24). The number of nitrogens with one attached hydrogen (secondary N) is 1. The molecule has 0 bridgehead atoms. The summed E-state index contributed by atoms with van der Waals surface area (Å²) in [6.45, 7) is 2.37. The van der Waals surface area contributed by atoms with Crippen molar-refractivity contribution in [2.45, 2.75) is 57.9 Å². The number of hydrogen-bond acceptors (Lipinski definition) is 3. The van der Waals surface area contributed by atoms with Crippen LogP contribution in [0.3, 0.4) is 0 Å². The van der Waals surface area contributed by atoms with Crippen LogP contribution in [0.4, 0.5) is 0 Å². The first-order valence-electron chi connectivity index (χ1n) is 9.69. The molecule has 2 aliphatic rings. The minimum Gasteiger partial charge on any atom is -0.352 e. The van der Waals surface area contributed by atoms with Gasteiger partial charge in [-0.3, -0.25) is 14.6 Å². The van der Waals surface area contributed by atoms with E-state index in [0.717, 1.165) is 57.2 Å². The van der Waals surface area contributed by atoms with Gasteiger partial charge in [0.05, 0.1) is 0 Å². The summed E-state index contributed by atoms with van der Waals surface area (Å²) in [5, 5.41) is 3.01. The summed E-state index contributed by atoms with van der Waals surface area (Å²) in [5.74, 6) is 0.617. The lowest BCUT2D eigenvalue weighted by Crippen LogP contribution is -2.40. The largest absolute Gasteiger partial charge is 0.352 e. The maximum Gasteiger partial charge on any atom is 0.225 e. The van der Waals surface area contributed by atoms with Gasteiger partial charge in [0.15, 0.2) is 0 Å². The van der Waals surface area contributed by atoms with Crippen LogP contribution in [0, 0.1) is 11.8 Å². The molecule has 1 N–H and O–H groups in total. The summed E-state index contributed by atoms with van der Waals surface area (Å²) in [6.07, 6.45) is 11.6. The van der Waals surface area contributed by atoms with Crippen molar-refractivity contribution in [1.82, 2.24) is 15.2 Å². The number of nitrogens with zero attached hydrogens (tertiary/aromatic N) is 2. The van der Waals surface area contributed by atoms with Crippen LogP contribution in [-0.4, -0.2) is 34.8 Å². The van der Waals surface area contributed by atoms with Crippen molar-refractivity contribution in [2.75, 3.05) is 13.1 Å². The molecule has 1 aliphatic heterocycles. The molecule has 0 unspecified atom stereocenters. The molecule has 1 aliphatic carbocycles. The van der Waals surface area contributed by atoms with Gasteiger partial charge in [0.25, 0.3) is 0 Å². The maximum absolute atomic E-state index is 12.7. The van der Waals surface area contributed by atoms with Crippen LogP contribution in [0.25, 0.3) is 0 Å². The van der Waals surface area contributed by atoms with Crippen LogP contribution in [-0.2, 0) is 16.1 Å². The van der Waals surface area contributed by atoms with Gasteiger partial charge in [0.1, 0.15) is 0 Å². The van der Waals surface area contributed by atoms with Gasteiger partial charge in [-0.25, -0.2) is 0 Å². The molecule has 1 saturated carbocycles. The van der Waals surface area contributed by atoms with Gasteiger partial charge in [0, 0.05) is 43.9 Å². The molecule has 25 heavy (non-hydrogen) atoms. The Balaban J connectivity index is 1.43. The van der Waals surface area contributed by atoms with Crippen LogP contribution < -0.4 is 5.32 Å². The number of amides is 2. The van der Waals surface area contributed by atoms with Gasteiger partial charge in [-0.1, -0.05) is 18.9 Å². The van der Waals surface area contributed by atoms with Crippen molar-refractivity contribution in [2.24, 2.45) is 11.8 Å². The fourth-order valence-corrected chi connectivity index (χ4v) is 3.99. The molecule has 2 heterocycles. The Labute approximate surface area is 150 Å². The molecule has 0 radical (unpaired) electrons. The Morgan fingerprint density at radius 1 is 1.04 bits per heavy atom. The van der Waals surface area contributed by atoms with Crippen LogP contribution in [0.1, 0.15) is 56.9 Å². The third kappa shape index (κ3) is 5.03. The predicted molar refractivity (Wildman–Crippen MR) is 96.6 cm³/mol. The van der Waals surface area contributed by atoms with Crippen LogP contribution in [0.15, 0.2) is 24.5 Å². The number of likely N-dealkylation sites (tertiary alicyclic amines) is 1. The smallest absolute Gasteiger partial charge is 0.225 e. The SMILES string of the molecule is O=C(NCc1cccnc1)C1CCC(C(=O)N2CCCCCC2)CC1. The molecular formula is C20H29N3O2. The maximum atomic E-state index is 12.7. The highest BCUT2D eigenvalue weighted by Crippen LogP contribution is 2.30. The summed E-state index contributed by atoms with van der Waals surface area (Å²) in [5.41, 5.74) is 1.01. The van der Waals surface area contributed by atoms with Crippen LogP contribution in [0.2, 0.25) is 0 Å². The molecule has 1 aromatic heterocycles. The number of carbonyl (C=O) groups excluding carboxylic acids is 2. The van der Waals surface area contributed by atoms with Crippen molar-refractivity contribution in [3.63, 3.8) is 0 Å². The minimum absolute atomic E-state index is 0.0462. The van der Waals surface area contributed by atoms with Crippen molar-refractivity contribution < 1.29 is 9.59 Å². The normalized spacial score (nSPS) is 24.4. The van der Waals surface area contributed by atoms with E-state index < -0.39 is 0 Å². The average Bonchev–Trinajstić information content (AvgIpc) is 2.96. The second-order valence-electron chi connectivity index (χ2n) is 7.37. The summed E-state index contributed by atoms with van der Waals surface area (Å²) in [4.78, 5) is 31.2. The number of aromatic nitrogens is 1. The van der Waals surface area contributed by atoms with Gasteiger partial charge < -0.3 is 10.2 Å². The zero-order valence-corrected chi connectivity index (χ0v) is 15.0. The fraction of sp³-hybridized carbons (Fsp3) is 0.650. The first-order valence-corrected chi connectivity index (χ1v) is 9.69. The molecule has 0 spiro atoms. The van der Waals surface area contributed by atoms with E-state index in [-0.39, 0.29) is 17.7 Å². The Morgan fingerprint density at radius 2 is 1.72 bits per heavy atom. The molecule has 2 fully saturated rings. The molecule has 5 nitrogen and oxygen atoms in total. The molecule has 5 heteroatoms. The molecule has 136 valence electrons. The lowest BCUT2D eigenvalue weighted by atomic mass is 9.81. The van der Waals surface area contributed by atoms with Gasteiger partial charge >= 0.3 is 0 Å². The van der Waals surface area contributed by atoms with Crippen LogP contribution in [0.5, 0.6) is 0 Å². The third-order valence-corrected chi connectivity index (χ3v) is 5.55. The van der Waals surface area contributed by atoms with Crippen molar-refractivity contribution >= 4 is 11.8 Å². The summed E-state index contributed by atoms with van der Waals surface area (Å²) in [7, 11) is 0. The van der Waals surface area contributed by atoms with E-state index in [1.165, 1.54) is 12.8 Å². The molecule has 0 atom stereocenters.